The first kappa shape index (κ1) is 33.6. The normalized spacial score (nSPS) is 14.6. The summed E-state index contributed by atoms with van der Waals surface area (Å²) in [5.74, 6) is 0. The first-order valence-electron chi connectivity index (χ1n) is 14.1. The molecule has 0 saturated carbocycles. The average Bonchev–Trinajstić information content (AvgIpc) is 2.83. The Morgan fingerprint density at radius 3 is 0.515 bits per heavy atom. The van der Waals surface area contributed by atoms with Crippen LogP contribution < -0.4 is 4.86 Å². The van der Waals surface area contributed by atoms with Gasteiger partial charge in [-0.05, 0) is 0 Å². The van der Waals surface area contributed by atoms with Crippen LogP contribution in [0.5, 0.6) is 0 Å². The zero-order valence-corrected chi connectivity index (χ0v) is 26.7. The molecule has 0 aromatic rings. The van der Waals surface area contributed by atoms with Crippen LogP contribution >= 0.6 is 15.7 Å². The van der Waals surface area contributed by atoms with Crippen molar-refractivity contribution in [2.75, 3.05) is 78.5 Å². The molecule has 9 heteroatoms. The van der Waals surface area contributed by atoms with Crippen molar-refractivity contribution in [3.63, 3.8) is 0 Å². The Labute approximate surface area is 210 Å². The van der Waals surface area contributed by atoms with E-state index in [9.17, 15) is 0 Å². The van der Waals surface area contributed by atoms with Gasteiger partial charge in [-0.25, -0.2) is 0 Å². The summed E-state index contributed by atoms with van der Waals surface area (Å²) in [6.45, 7) is 41.1. The van der Waals surface area contributed by atoms with Gasteiger partial charge in [0.05, 0.1) is 0 Å². The minimum absolute atomic E-state index is 1.07. The van der Waals surface area contributed by atoms with Gasteiger partial charge in [0.25, 0.3) is 0 Å². The second-order valence-corrected chi connectivity index (χ2v) is 15.8. The van der Waals surface area contributed by atoms with E-state index in [-0.39, 0.29) is 0 Å². The number of hydrogen-bond acceptors (Lipinski definition) is 7. The van der Waals surface area contributed by atoms with Gasteiger partial charge >= 0.3 is 210 Å². The van der Waals surface area contributed by atoms with Gasteiger partial charge in [-0.3, -0.25) is 0 Å². The summed E-state index contributed by atoms with van der Waals surface area (Å²) in [6.07, 6.45) is 0. The van der Waals surface area contributed by atoms with Crippen molar-refractivity contribution in [1.29, 1.82) is 0 Å². The Balaban J connectivity index is 7.54. The Hall–Kier alpha value is 0.580. The van der Waals surface area contributed by atoms with Crippen molar-refractivity contribution in [2.45, 2.75) is 83.1 Å². The third-order valence-electron chi connectivity index (χ3n) is 7.56. The molecule has 0 aliphatic rings. The van der Waals surface area contributed by atoms with Gasteiger partial charge in [-0.2, -0.15) is 0 Å². The van der Waals surface area contributed by atoms with E-state index in [2.05, 4.69) is 111 Å². The van der Waals surface area contributed by atoms with Gasteiger partial charge in [-0.15, -0.1) is 0 Å². The van der Waals surface area contributed by atoms with Crippen molar-refractivity contribution in [3.05, 3.63) is 0 Å². The number of nitrogens with one attached hydrogen (secondary N) is 1. The summed E-state index contributed by atoms with van der Waals surface area (Å²) < 4.78 is 16.9. The van der Waals surface area contributed by atoms with E-state index >= 15 is 0 Å². The summed E-state index contributed by atoms with van der Waals surface area (Å²) in [7, 11) is -4.84. The van der Waals surface area contributed by atoms with Crippen molar-refractivity contribution >= 4 is 15.7 Å². The summed E-state index contributed by atoms with van der Waals surface area (Å²) in [6, 6.07) is 0. The molecule has 0 amide bonds. The van der Waals surface area contributed by atoms with Crippen molar-refractivity contribution in [3.8, 4) is 0 Å². The molecule has 0 aromatic carbocycles. The Morgan fingerprint density at radius 1 is 0.303 bits per heavy atom. The van der Waals surface area contributed by atoms with E-state index in [0.717, 1.165) is 78.5 Å². The van der Waals surface area contributed by atoms with E-state index in [1.54, 1.807) is 0 Å². The molecule has 0 bridgehead atoms. The monoisotopic (exact) mass is 511 g/mol. The molecule has 0 atom stereocenters. The second-order valence-electron chi connectivity index (χ2n) is 8.43. The Bertz CT molecular complexity index is 369. The van der Waals surface area contributed by atoms with Crippen LogP contribution in [-0.2, 0) is 0 Å². The fourth-order valence-electron chi connectivity index (χ4n) is 5.89. The predicted molar refractivity (Wildman–Crippen MR) is 157 cm³/mol. The molecule has 0 fully saturated rings. The fourth-order valence-corrected chi connectivity index (χ4v) is 19.2. The van der Waals surface area contributed by atoms with E-state index in [4.69, 9.17) is 4.86 Å². The van der Waals surface area contributed by atoms with Crippen LogP contribution in [0.4, 0.5) is 0 Å². The van der Waals surface area contributed by atoms with Crippen LogP contribution in [0.1, 0.15) is 83.1 Å². The quantitative estimate of drug-likeness (QED) is 0.218. The minimum atomic E-state index is -2.42. The van der Waals surface area contributed by atoms with Crippen LogP contribution in [0, 0.1) is 0 Å². The molecule has 0 saturated heterocycles. The maximum absolute atomic E-state index is 4.73. The molecule has 33 heavy (non-hydrogen) atoms. The second kappa shape index (κ2) is 17.1. The zero-order chi connectivity index (χ0) is 25.7. The molecule has 0 spiro atoms. The molecule has 204 valence electrons. The molecule has 1 N–H and O–H groups in total. The van der Waals surface area contributed by atoms with Crippen LogP contribution in [0.25, 0.3) is 0 Å². The molecule has 0 unspecified atom stereocenters. The van der Waals surface area contributed by atoms with Gasteiger partial charge in [-0.1, -0.05) is 0 Å². The maximum atomic E-state index is 4.73. The van der Waals surface area contributed by atoms with E-state index in [1.165, 1.54) is 0 Å². The topological polar surface area (TPSA) is 31.5 Å². The van der Waals surface area contributed by atoms with Gasteiger partial charge < -0.3 is 0 Å². The SMILES string of the molecule is CCN(CC)[PH](N[PH](N(CC)CC)(N(CC)CC)N(CC)CC)(N(CC)CC)N(CC)CC. The molecular weight excluding hydrogens is 448 g/mol. The Kier molecular flexibility index (Phi) is 17.4. The summed E-state index contributed by atoms with van der Waals surface area (Å²) in [5.41, 5.74) is 0. The van der Waals surface area contributed by atoms with Crippen molar-refractivity contribution in [1.82, 2.24) is 32.9 Å². The zero-order valence-electron chi connectivity index (χ0n) is 24.7. The van der Waals surface area contributed by atoms with Crippen LogP contribution in [0.2, 0.25) is 0 Å². The Morgan fingerprint density at radius 2 is 0.424 bits per heavy atom. The van der Waals surface area contributed by atoms with Gasteiger partial charge in [0.15, 0.2) is 0 Å². The standard InChI is InChI=1S/C24H63N7P2/c1-13-26(14-2)32(27(15-3)16-4,28(17-5)18-6)25-33(29(19-7)20-8,30(21-9)22-10)31(23-11)24-12/h25,32-33H,13-24H2,1-12H3. The molecule has 0 radical (unpaired) electrons. The predicted octanol–water partition coefficient (Wildman–Crippen LogP) is 5.45. The molecule has 0 rings (SSSR count). The van der Waals surface area contributed by atoms with Crippen LogP contribution in [0.3, 0.4) is 0 Å². The van der Waals surface area contributed by atoms with Crippen LogP contribution in [-0.4, -0.2) is 107 Å². The molecule has 7 nitrogen and oxygen atoms in total. The van der Waals surface area contributed by atoms with Gasteiger partial charge in [0.1, 0.15) is 0 Å². The van der Waals surface area contributed by atoms with Crippen LogP contribution in [0.15, 0.2) is 0 Å². The first-order valence-corrected chi connectivity index (χ1v) is 17.8. The number of rotatable bonds is 20. The van der Waals surface area contributed by atoms with Gasteiger partial charge in [0, 0.05) is 0 Å². The third-order valence-corrected chi connectivity index (χ3v) is 19.3. The average molecular weight is 512 g/mol. The molecule has 0 heterocycles. The number of nitrogens with zero attached hydrogens (tertiary/aromatic N) is 6. The molecule has 0 aliphatic heterocycles. The molecule has 0 aliphatic carbocycles. The first-order chi connectivity index (χ1) is 15.8. The van der Waals surface area contributed by atoms with Gasteiger partial charge in [0.2, 0.25) is 0 Å². The summed E-state index contributed by atoms with van der Waals surface area (Å²) in [5, 5.41) is 0. The number of hydrogen-bond donors (Lipinski definition) is 1. The van der Waals surface area contributed by atoms with E-state index in [0.29, 0.717) is 0 Å². The van der Waals surface area contributed by atoms with Crippen molar-refractivity contribution < 1.29 is 0 Å². The van der Waals surface area contributed by atoms with E-state index in [1.807, 2.05) is 0 Å². The molecular formula is C24H63N7P2. The van der Waals surface area contributed by atoms with Crippen molar-refractivity contribution in [2.24, 2.45) is 0 Å². The third kappa shape index (κ3) is 6.87. The summed E-state index contributed by atoms with van der Waals surface area (Å²) >= 11 is 0. The van der Waals surface area contributed by atoms with E-state index < -0.39 is 15.7 Å². The summed E-state index contributed by atoms with van der Waals surface area (Å²) in [4.78, 5) is 4.73. The fraction of sp³-hybridized carbons (Fsp3) is 1.00. The molecule has 0 aromatic heterocycles.